The third-order valence-corrected chi connectivity index (χ3v) is 4.86. The first-order chi connectivity index (χ1) is 9.17. The molecule has 20 heavy (non-hydrogen) atoms. The molecule has 2 atom stereocenters. The highest BCUT2D eigenvalue weighted by Crippen LogP contribution is 2.46. The molecule has 0 amide bonds. The van der Waals surface area contributed by atoms with Crippen molar-refractivity contribution in [3.05, 3.63) is 23.3 Å². The lowest BCUT2D eigenvalue weighted by Gasteiger charge is -2.42. The van der Waals surface area contributed by atoms with Gasteiger partial charge in [0.15, 0.2) is 0 Å². The Morgan fingerprint density at radius 2 is 1.15 bits per heavy atom. The molecule has 2 heteroatoms. The minimum absolute atomic E-state index is 0.200. The van der Waals surface area contributed by atoms with Gasteiger partial charge in [-0.05, 0) is 75.6 Å². The first-order valence-corrected chi connectivity index (χ1v) is 7.91. The summed E-state index contributed by atoms with van der Waals surface area (Å²) in [5.74, 6) is 1.24. The number of rotatable bonds is 0. The van der Waals surface area contributed by atoms with E-state index in [0.717, 1.165) is 0 Å². The molecule has 2 heterocycles. The molecule has 2 nitrogen and oxygen atoms in total. The normalized spacial score (nSPS) is 29.7. The summed E-state index contributed by atoms with van der Waals surface area (Å²) in [5.41, 5.74) is 6.04. The van der Waals surface area contributed by atoms with Crippen LogP contribution in [0.4, 0.5) is 11.4 Å². The van der Waals surface area contributed by atoms with Crippen LogP contribution < -0.4 is 10.6 Å². The van der Waals surface area contributed by atoms with E-state index in [0.29, 0.717) is 11.8 Å². The van der Waals surface area contributed by atoms with Gasteiger partial charge in [0.2, 0.25) is 0 Å². The van der Waals surface area contributed by atoms with Gasteiger partial charge >= 0.3 is 0 Å². The van der Waals surface area contributed by atoms with Gasteiger partial charge in [0.1, 0.15) is 0 Å². The van der Waals surface area contributed by atoms with Crippen molar-refractivity contribution < 1.29 is 0 Å². The molecular formula is C18H28N2. The van der Waals surface area contributed by atoms with Gasteiger partial charge < -0.3 is 10.6 Å². The molecule has 0 fully saturated rings. The summed E-state index contributed by atoms with van der Waals surface area (Å²) in [7, 11) is 0. The van der Waals surface area contributed by atoms with E-state index in [-0.39, 0.29) is 11.1 Å². The Bertz CT molecular complexity index is 493. The fourth-order valence-electron chi connectivity index (χ4n) is 4.25. The fraction of sp³-hybridized carbons (Fsp3) is 0.667. The van der Waals surface area contributed by atoms with Crippen molar-refractivity contribution in [3.63, 3.8) is 0 Å². The van der Waals surface area contributed by atoms with Crippen LogP contribution in [0.5, 0.6) is 0 Å². The zero-order valence-electron chi connectivity index (χ0n) is 13.7. The molecule has 0 saturated carbocycles. The van der Waals surface area contributed by atoms with Crippen LogP contribution in [0.25, 0.3) is 0 Å². The van der Waals surface area contributed by atoms with Gasteiger partial charge in [0, 0.05) is 22.5 Å². The van der Waals surface area contributed by atoms with Crippen molar-refractivity contribution in [1.82, 2.24) is 0 Å². The molecular weight excluding hydrogens is 244 g/mol. The van der Waals surface area contributed by atoms with Crippen LogP contribution in [0.3, 0.4) is 0 Å². The second-order valence-corrected chi connectivity index (χ2v) is 8.25. The van der Waals surface area contributed by atoms with Crippen LogP contribution in [0.1, 0.15) is 77.3 Å². The van der Waals surface area contributed by atoms with Crippen molar-refractivity contribution in [1.29, 1.82) is 0 Å². The second kappa shape index (κ2) is 4.16. The zero-order chi connectivity index (χ0) is 14.7. The minimum atomic E-state index is 0.200. The molecule has 2 aliphatic rings. The maximum absolute atomic E-state index is 3.73. The minimum Gasteiger partial charge on any atom is -0.380 e. The summed E-state index contributed by atoms with van der Waals surface area (Å²) in [6, 6.07) is 4.80. The van der Waals surface area contributed by atoms with Gasteiger partial charge in [0.05, 0.1) is 0 Å². The number of hydrogen-bond acceptors (Lipinski definition) is 2. The van der Waals surface area contributed by atoms with Crippen LogP contribution in [0, 0.1) is 0 Å². The van der Waals surface area contributed by atoms with Crippen molar-refractivity contribution in [3.8, 4) is 0 Å². The quantitative estimate of drug-likeness (QED) is 0.688. The maximum atomic E-state index is 3.73. The van der Waals surface area contributed by atoms with E-state index in [1.54, 1.807) is 0 Å². The third-order valence-electron chi connectivity index (χ3n) is 4.86. The molecule has 1 aromatic rings. The SMILES string of the molecule is CC1CC(C)(C)Nc2cc3c(cc21)NC(C)(C)CC3C. The topological polar surface area (TPSA) is 24.1 Å². The predicted octanol–water partition coefficient (Wildman–Crippen LogP) is 5.08. The van der Waals surface area contributed by atoms with E-state index >= 15 is 0 Å². The Hall–Kier alpha value is -1.18. The Kier molecular flexibility index (Phi) is 2.87. The number of anilines is 2. The molecule has 0 radical (unpaired) electrons. The Morgan fingerprint density at radius 3 is 1.50 bits per heavy atom. The lowest BCUT2D eigenvalue weighted by molar-refractivity contribution is 0.444. The summed E-state index contributed by atoms with van der Waals surface area (Å²) < 4.78 is 0. The number of nitrogens with one attached hydrogen (secondary N) is 2. The number of fused-ring (bicyclic) bond motifs is 2. The molecule has 110 valence electrons. The highest BCUT2D eigenvalue weighted by atomic mass is 15.0. The van der Waals surface area contributed by atoms with E-state index in [9.17, 15) is 0 Å². The van der Waals surface area contributed by atoms with Crippen molar-refractivity contribution in [2.45, 2.75) is 77.3 Å². The highest BCUT2D eigenvalue weighted by molar-refractivity contribution is 5.69. The standard InChI is InChI=1S/C18H28N2/c1-11-9-17(3,4)19-15-8-14-12(2)10-18(5,6)20-16(14)7-13(11)15/h7-8,11-12,19-20H,9-10H2,1-6H3. The van der Waals surface area contributed by atoms with Crippen LogP contribution in [-0.2, 0) is 0 Å². The number of hydrogen-bond donors (Lipinski definition) is 2. The van der Waals surface area contributed by atoms with E-state index in [1.807, 2.05) is 0 Å². The van der Waals surface area contributed by atoms with Gasteiger partial charge in [-0.2, -0.15) is 0 Å². The molecule has 3 rings (SSSR count). The average molecular weight is 272 g/mol. The average Bonchev–Trinajstić information content (AvgIpc) is 2.25. The van der Waals surface area contributed by atoms with E-state index in [2.05, 4.69) is 64.3 Å². The van der Waals surface area contributed by atoms with Gasteiger partial charge in [-0.15, -0.1) is 0 Å². The van der Waals surface area contributed by atoms with Crippen LogP contribution in [0.15, 0.2) is 12.1 Å². The highest BCUT2D eigenvalue weighted by Gasteiger charge is 2.34. The maximum Gasteiger partial charge on any atom is 0.0383 e. The van der Waals surface area contributed by atoms with Crippen LogP contribution in [0.2, 0.25) is 0 Å². The molecule has 2 N–H and O–H groups in total. The van der Waals surface area contributed by atoms with Gasteiger partial charge in [-0.1, -0.05) is 13.8 Å². The predicted molar refractivity (Wildman–Crippen MR) is 87.9 cm³/mol. The lowest BCUT2D eigenvalue weighted by atomic mass is 9.77. The Labute approximate surface area is 123 Å². The second-order valence-electron chi connectivity index (χ2n) is 8.25. The summed E-state index contributed by atoms with van der Waals surface area (Å²) in [6.45, 7) is 13.9. The monoisotopic (exact) mass is 272 g/mol. The molecule has 0 spiro atoms. The number of benzene rings is 1. The smallest absolute Gasteiger partial charge is 0.0383 e. The van der Waals surface area contributed by atoms with Crippen molar-refractivity contribution in [2.24, 2.45) is 0 Å². The Morgan fingerprint density at radius 1 is 0.800 bits per heavy atom. The first kappa shape index (κ1) is 13.8. The first-order valence-electron chi connectivity index (χ1n) is 7.91. The molecule has 1 aromatic carbocycles. The van der Waals surface area contributed by atoms with E-state index in [4.69, 9.17) is 0 Å². The van der Waals surface area contributed by atoms with Gasteiger partial charge in [-0.25, -0.2) is 0 Å². The molecule has 0 saturated heterocycles. The molecule has 2 unspecified atom stereocenters. The summed E-state index contributed by atoms with van der Waals surface area (Å²) >= 11 is 0. The van der Waals surface area contributed by atoms with E-state index in [1.165, 1.54) is 35.3 Å². The largest absolute Gasteiger partial charge is 0.380 e. The fourth-order valence-corrected chi connectivity index (χ4v) is 4.25. The summed E-state index contributed by atoms with van der Waals surface area (Å²) in [6.07, 6.45) is 2.38. The van der Waals surface area contributed by atoms with Crippen molar-refractivity contribution >= 4 is 11.4 Å². The zero-order valence-corrected chi connectivity index (χ0v) is 13.7. The Balaban J connectivity index is 2.08. The molecule has 0 aliphatic carbocycles. The van der Waals surface area contributed by atoms with Crippen molar-refractivity contribution in [2.75, 3.05) is 10.6 Å². The lowest BCUT2D eigenvalue weighted by Crippen LogP contribution is -2.39. The van der Waals surface area contributed by atoms with Gasteiger partial charge in [-0.3, -0.25) is 0 Å². The molecule has 2 aliphatic heterocycles. The van der Waals surface area contributed by atoms with E-state index < -0.39 is 0 Å². The molecule has 0 aromatic heterocycles. The summed E-state index contributed by atoms with van der Waals surface area (Å²) in [5, 5.41) is 7.46. The van der Waals surface area contributed by atoms with Gasteiger partial charge in [0.25, 0.3) is 0 Å². The van der Waals surface area contributed by atoms with Crippen LogP contribution >= 0.6 is 0 Å². The summed E-state index contributed by atoms with van der Waals surface area (Å²) in [4.78, 5) is 0. The third kappa shape index (κ3) is 2.30. The molecule has 0 bridgehead atoms. The van der Waals surface area contributed by atoms with Crippen LogP contribution in [-0.4, -0.2) is 11.1 Å².